The minimum atomic E-state index is -0.207. The number of carbonyl (C=O) groups is 1. The highest BCUT2D eigenvalue weighted by molar-refractivity contribution is 5.94. The maximum atomic E-state index is 13.2. The number of amides is 1. The third kappa shape index (κ3) is 6.11. The predicted octanol–water partition coefficient (Wildman–Crippen LogP) is 4.13. The molecule has 1 aliphatic heterocycles. The zero-order chi connectivity index (χ0) is 23.0. The Labute approximate surface area is 194 Å². The summed E-state index contributed by atoms with van der Waals surface area (Å²) >= 11 is 0. The zero-order valence-electron chi connectivity index (χ0n) is 19.0. The number of anilines is 1. The largest absolute Gasteiger partial charge is 0.496 e. The molecule has 1 N–H and O–H groups in total. The Balaban J connectivity index is 1.27. The van der Waals surface area contributed by atoms with E-state index in [1.165, 1.54) is 12.1 Å². The van der Waals surface area contributed by atoms with Crippen LogP contribution in [0.2, 0.25) is 0 Å². The van der Waals surface area contributed by atoms with Crippen molar-refractivity contribution in [1.29, 1.82) is 0 Å². The van der Waals surface area contributed by atoms with E-state index in [2.05, 4.69) is 21.2 Å². The smallest absolute Gasteiger partial charge is 0.251 e. The van der Waals surface area contributed by atoms with Gasteiger partial charge in [0.05, 0.1) is 7.11 Å². The first-order valence-electron chi connectivity index (χ1n) is 11.3. The molecule has 1 heterocycles. The summed E-state index contributed by atoms with van der Waals surface area (Å²) in [5, 5.41) is 3.02. The number of piperazine rings is 1. The van der Waals surface area contributed by atoms with Crippen LogP contribution in [0.3, 0.4) is 0 Å². The third-order valence-electron chi connectivity index (χ3n) is 6.03. The third-order valence-corrected chi connectivity index (χ3v) is 6.03. The number of nitrogens with zero attached hydrogens (tertiary/aromatic N) is 2. The lowest BCUT2D eigenvalue weighted by atomic mass is 10.1. The molecule has 33 heavy (non-hydrogen) atoms. The van der Waals surface area contributed by atoms with Crippen molar-refractivity contribution in [2.75, 3.05) is 44.7 Å². The van der Waals surface area contributed by atoms with Gasteiger partial charge in [-0.25, -0.2) is 4.39 Å². The number of rotatable bonds is 8. The van der Waals surface area contributed by atoms with E-state index in [1.54, 1.807) is 7.11 Å². The van der Waals surface area contributed by atoms with Gasteiger partial charge in [0.1, 0.15) is 11.6 Å². The number of methoxy groups -OCH3 is 1. The van der Waals surface area contributed by atoms with E-state index in [9.17, 15) is 9.18 Å². The van der Waals surface area contributed by atoms with E-state index < -0.39 is 0 Å². The zero-order valence-corrected chi connectivity index (χ0v) is 19.0. The van der Waals surface area contributed by atoms with Crippen molar-refractivity contribution in [2.45, 2.75) is 13.0 Å². The van der Waals surface area contributed by atoms with Crippen LogP contribution in [0, 0.1) is 5.82 Å². The maximum absolute atomic E-state index is 13.2. The molecule has 1 amide bonds. The Hall–Kier alpha value is -3.38. The van der Waals surface area contributed by atoms with Crippen molar-refractivity contribution in [3.63, 3.8) is 0 Å². The first-order chi connectivity index (χ1) is 16.1. The molecular formula is C27H30FN3O2. The van der Waals surface area contributed by atoms with Gasteiger partial charge >= 0.3 is 0 Å². The molecule has 172 valence electrons. The molecule has 0 saturated carbocycles. The molecule has 3 aromatic carbocycles. The van der Waals surface area contributed by atoms with Crippen LogP contribution < -0.4 is 15.0 Å². The normalized spacial score (nSPS) is 14.2. The van der Waals surface area contributed by atoms with Crippen LogP contribution in [-0.2, 0) is 13.0 Å². The van der Waals surface area contributed by atoms with Gasteiger partial charge in [0, 0.05) is 50.5 Å². The summed E-state index contributed by atoms with van der Waals surface area (Å²) in [6.45, 7) is 5.00. The van der Waals surface area contributed by atoms with Gasteiger partial charge in [-0.15, -0.1) is 0 Å². The number of benzene rings is 3. The molecule has 0 atom stereocenters. The number of hydrogen-bond acceptors (Lipinski definition) is 4. The quantitative estimate of drug-likeness (QED) is 0.564. The molecule has 1 aliphatic rings. The minimum Gasteiger partial charge on any atom is -0.496 e. The highest BCUT2D eigenvalue weighted by Crippen LogP contribution is 2.19. The summed E-state index contributed by atoms with van der Waals surface area (Å²) in [4.78, 5) is 17.3. The average Bonchev–Trinajstić information content (AvgIpc) is 2.85. The van der Waals surface area contributed by atoms with Crippen molar-refractivity contribution >= 4 is 11.6 Å². The van der Waals surface area contributed by atoms with Crippen LogP contribution >= 0.6 is 0 Å². The molecule has 3 aromatic rings. The fraction of sp³-hybridized carbons (Fsp3) is 0.296. The number of ether oxygens (including phenoxy) is 1. The summed E-state index contributed by atoms with van der Waals surface area (Å²) in [6, 6.07) is 22.4. The Morgan fingerprint density at radius 2 is 1.73 bits per heavy atom. The monoisotopic (exact) mass is 447 g/mol. The van der Waals surface area contributed by atoms with Crippen LogP contribution in [0.1, 0.15) is 21.5 Å². The number of para-hydroxylation sites is 1. The second-order valence-electron chi connectivity index (χ2n) is 8.26. The molecule has 0 spiro atoms. The van der Waals surface area contributed by atoms with Crippen molar-refractivity contribution in [1.82, 2.24) is 10.2 Å². The second kappa shape index (κ2) is 11.0. The van der Waals surface area contributed by atoms with Gasteiger partial charge in [-0.3, -0.25) is 9.69 Å². The number of carbonyl (C=O) groups excluding carboxylic acids is 1. The van der Waals surface area contributed by atoms with Gasteiger partial charge in [-0.1, -0.05) is 30.3 Å². The van der Waals surface area contributed by atoms with Gasteiger partial charge in [0.2, 0.25) is 0 Å². The lowest BCUT2D eigenvalue weighted by Gasteiger charge is -2.36. The van der Waals surface area contributed by atoms with Crippen LogP contribution in [0.4, 0.5) is 10.1 Å². The van der Waals surface area contributed by atoms with Crippen molar-refractivity contribution in [2.24, 2.45) is 0 Å². The molecule has 5 nitrogen and oxygen atoms in total. The van der Waals surface area contributed by atoms with E-state index >= 15 is 0 Å². The van der Waals surface area contributed by atoms with Crippen LogP contribution in [0.25, 0.3) is 0 Å². The highest BCUT2D eigenvalue weighted by Gasteiger charge is 2.18. The summed E-state index contributed by atoms with van der Waals surface area (Å²) in [7, 11) is 1.66. The van der Waals surface area contributed by atoms with Crippen molar-refractivity contribution < 1.29 is 13.9 Å². The molecule has 0 unspecified atom stereocenters. The minimum absolute atomic E-state index is 0.0622. The van der Waals surface area contributed by atoms with Gasteiger partial charge in [-0.2, -0.15) is 0 Å². The summed E-state index contributed by atoms with van der Waals surface area (Å²) < 4.78 is 18.5. The van der Waals surface area contributed by atoms with E-state index in [1.807, 2.05) is 54.6 Å². The molecule has 0 bridgehead atoms. The van der Waals surface area contributed by atoms with E-state index in [0.717, 1.165) is 55.3 Å². The summed E-state index contributed by atoms with van der Waals surface area (Å²) in [5.41, 5.74) is 3.94. The molecule has 0 aliphatic carbocycles. The molecule has 1 fully saturated rings. The van der Waals surface area contributed by atoms with Gasteiger partial charge in [-0.05, 0) is 60.0 Å². The van der Waals surface area contributed by atoms with Gasteiger partial charge < -0.3 is 15.0 Å². The maximum Gasteiger partial charge on any atom is 0.251 e. The lowest BCUT2D eigenvalue weighted by Crippen LogP contribution is -2.46. The van der Waals surface area contributed by atoms with Crippen molar-refractivity contribution in [3.8, 4) is 5.75 Å². The second-order valence-corrected chi connectivity index (χ2v) is 8.26. The summed E-state index contributed by atoms with van der Waals surface area (Å²) in [6.07, 6.45) is 0.716. The molecule has 0 radical (unpaired) electrons. The predicted molar refractivity (Wildman–Crippen MR) is 129 cm³/mol. The molecule has 1 saturated heterocycles. The van der Waals surface area contributed by atoms with Gasteiger partial charge in [0.15, 0.2) is 0 Å². The first-order valence-corrected chi connectivity index (χ1v) is 11.3. The van der Waals surface area contributed by atoms with Crippen molar-refractivity contribution in [3.05, 3.63) is 95.3 Å². The summed E-state index contributed by atoms with van der Waals surface area (Å²) in [5.74, 6) is 0.572. The molecular weight excluding hydrogens is 417 g/mol. The fourth-order valence-electron chi connectivity index (χ4n) is 4.21. The standard InChI is InChI=1S/C27H30FN3O2/c1-33-26-8-3-2-6-22(26)13-14-29-27(32)23-7-4-5-21(19-23)20-30-15-17-31(18-16-30)25-11-9-24(28)10-12-25/h2-12,19H,13-18,20H2,1H3,(H,29,32). The highest BCUT2D eigenvalue weighted by atomic mass is 19.1. The molecule has 4 rings (SSSR count). The van der Waals surface area contributed by atoms with E-state index in [0.29, 0.717) is 18.5 Å². The number of nitrogens with one attached hydrogen (secondary N) is 1. The topological polar surface area (TPSA) is 44.8 Å². The van der Waals surface area contributed by atoms with E-state index in [-0.39, 0.29) is 11.7 Å². The Morgan fingerprint density at radius 3 is 2.48 bits per heavy atom. The lowest BCUT2D eigenvalue weighted by molar-refractivity contribution is 0.0954. The Bertz CT molecular complexity index is 1060. The van der Waals surface area contributed by atoms with Crippen LogP contribution in [0.15, 0.2) is 72.8 Å². The van der Waals surface area contributed by atoms with E-state index in [4.69, 9.17) is 4.74 Å². The first kappa shape index (κ1) is 22.8. The average molecular weight is 448 g/mol. The van der Waals surface area contributed by atoms with Crippen LogP contribution in [-0.4, -0.2) is 50.6 Å². The Kier molecular flexibility index (Phi) is 7.58. The fourth-order valence-corrected chi connectivity index (χ4v) is 4.21. The number of halogens is 1. The SMILES string of the molecule is COc1ccccc1CCNC(=O)c1cccc(CN2CCN(c3ccc(F)cc3)CC2)c1. The van der Waals surface area contributed by atoms with Crippen LogP contribution in [0.5, 0.6) is 5.75 Å². The Morgan fingerprint density at radius 1 is 0.970 bits per heavy atom. The molecule has 0 aromatic heterocycles. The molecule has 6 heteroatoms. The van der Waals surface area contributed by atoms with Gasteiger partial charge in [0.25, 0.3) is 5.91 Å². The number of hydrogen-bond donors (Lipinski definition) is 1.